The summed E-state index contributed by atoms with van der Waals surface area (Å²) in [6.45, 7) is 3.81. The van der Waals surface area contributed by atoms with Gasteiger partial charge in [-0.2, -0.15) is 0 Å². The van der Waals surface area contributed by atoms with Crippen molar-refractivity contribution in [3.8, 4) is 0 Å². The second kappa shape index (κ2) is 5.56. The number of benzene rings is 2. The summed E-state index contributed by atoms with van der Waals surface area (Å²) in [6, 6.07) is 13.4. The van der Waals surface area contributed by atoms with E-state index in [4.69, 9.17) is 5.84 Å². The Hall–Kier alpha value is -1.75. The van der Waals surface area contributed by atoms with Crippen molar-refractivity contribution in [1.29, 1.82) is 0 Å². The van der Waals surface area contributed by atoms with Crippen LogP contribution in [0.3, 0.4) is 0 Å². The minimum atomic E-state index is -0.331. The van der Waals surface area contributed by atoms with Gasteiger partial charge in [-0.25, -0.2) is 9.82 Å². The Morgan fingerprint density at radius 2 is 1.90 bits per heavy atom. The van der Waals surface area contributed by atoms with Crippen molar-refractivity contribution in [3.63, 3.8) is 0 Å². The molecule has 2 nitrogen and oxygen atoms in total. The Bertz CT molecular complexity index is 738. The summed E-state index contributed by atoms with van der Waals surface area (Å²) in [6.07, 6.45) is 0. The topological polar surface area (TPSA) is 38.0 Å². The van der Waals surface area contributed by atoms with Crippen LogP contribution in [-0.4, -0.2) is 0 Å². The lowest BCUT2D eigenvalue weighted by molar-refractivity contribution is 0.560. The Balaban J connectivity index is 2.14. The summed E-state index contributed by atoms with van der Waals surface area (Å²) >= 11 is 1.64. The van der Waals surface area contributed by atoms with E-state index in [0.29, 0.717) is 5.56 Å². The molecule has 108 valence electrons. The van der Waals surface area contributed by atoms with Crippen LogP contribution < -0.4 is 11.3 Å². The van der Waals surface area contributed by atoms with Gasteiger partial charge >= 0.3 is 0 Å². The molecule has 0 aliphatic carbocycles. The highest BCUT2D eigenvalue weighted by Gasteiger charge is 2.21. The Kier molecular flexibility index (Phi) is 3.76. The summed E-state index contributed by atoms with van der Waals surface area (Å²) in [7, 11) is 0. The highest BCUT2D eigenvalue weighted by atomic mass is 32.1. The summed E-state index contributed by atoms with van der Waals surface area (Å²) in [5, 5.41) is 1.16. The number of hydrazine groups is 1. The van der Waals surface area contributed by atoms with Crippen LogP contribution in [0.5, 0.6) is 0 Å². The largest absolute Gasteiger partial charge is 0.271 e. The minimum Gasteiger partial charge on any atom is -0.271 e. The molecule has 3 aromatic rings. The average Bonchev–Trinajstić information content (AvgIpc) is 2.85. The molecule has 2 aromatic carbocycles. The third-order valence-corrected chi connectivity index (χ3v) is 4.85. The van der Waals surface area contributed by atoms with Gasteiger partial charge in [-0.05, 0) is 48.6 Å². The SMILES string of the molecule is Cc1cc(C)c(C(NN)c2cc3ccccc3s2)c(F)c1. The van der Waals surface area contributed by atoms with E-state index in [0.717, 1.165) is 21.4 Å². The molecule has 0 aliphatic heterocycles. The molecule has 0 radical (unpaired) electrons. The molecule has 0 fully saturated rings. The molecule has 3 rings (SSSR count). The molecule has 21 heavy (non-hydrogen) atoms. The maximum atomic E-state index is 14.4. The van der Waals surface area contributed by atoms with E-state index >= 15 is 0 Å². The maximum absolute atomic E-state index is 14.4. The van der Waals surface area contributed by atoms with Crippen LogP contribution in [0.2, 0.25) is 0 Å². The fourth-order valence-corrected chi connectivity index (χ4v) is 3.88. The predicted molar refractivity (Wildman–Crippen MR) is 86.9 cm³/mol. The van der Waals surface area contributed by atoms with Crippen LogP contribution in [0.15, 0.2) is 42.5 Å². The number of hydrogen-bond donors (Lipinski definition) is 2. The van der Waals surface area contributed by atoms with Crippen LogP contribution in [0.25, 0.3) is 10.1 Å². The molecule has 1 atom stereocenters. The molecule has 1 aromatic heterocycles. The van der Waals surface area contributed by atoms with Crippen LogP contribution in [0.1, 0.15) is 27.6 Å². The summed E-state index contributed by atoms with van der Waals surface area (Å²) in [5.74, 6) is 5.51. The van der Waals surface area contributed by atoms with Gasteiger partial charge in [0.05, 0.1) is 6.04 Å². The lowest BCUT2D eigenvalue weighted by Crippen LogP contribution is -2.29. The number of hydrogen-bond acceptors (Lipinski definition) is 3. The van der Waals surface area contributed by atoms with E-state index in [1.165, 1.54) is 4.70 Å². The van der Waals surface area contributed by atoms with Crippen LogP contribution in [0, 0.1) is 19.7 Å². The van der Waals surface area contributed by atoms with Crippen molar-refractivity contribution in [1.82, 2.24) is 5.43 Å². The molecule has 3 N–H and O–H groups in total. The van der Waals surface area contributed by atoms with Gasteiger partial charge in [0.15, 0.2) is 0 Å². The standard InChI is InChI=1S/C17H17FN2S/c1-10-7-11(2)16(13(18)8-10)17(20-19)15-9-12-5-3-4-6-14(12)21-15/h3-9,17,20H,19H2,1-2H3. The minimum absolute atomic E-state index is 0.215. The first-order valence-corrected chi connectivity index (χ1v) is 7.63. The quantitative estimate of drug-likeness (QED) is 0.561. The Labute approximate surface area is 127 Å². The van der Waals surface area contributed by atoms with Gasteiger partial charge in [0.1, 0.15) is 5.82 Å². The monoisotopic (exact) mass is 300 g/mol. The molecule has 1 unspecified atom stereocenters. The Morgan fingerprint density at radius 3 is 2.57 bits per heavy atom. The zero-order valence-electron chi connectivity index (χ0n) is 12.0. The van der Waals surface area contributed by atoms with E-state index in [2.05, 4.69) is 23.6 Å². The molecule has 1 heterocycles. The van der Waals surface area contributed by atoms with Crippen LogP contribution >= 0.6 is 11.3 Å². The fraction of sp³-hybridized carbons (Fsp3) is 0.176. The van der Waals surface area contributed by atoms with Gasteiger partial charge in [-0.1, -0.05) is 24.3 Å². The van der Waals surface area contributed by atoms with Crippen LogP contribution in [0.4, 0.5) is 4.39 Å². The molecule has 0 spiro atoms. The first kappa shape index (κ1) is 14.2. The molecule has 0 saturated heterocycles. The van der Waals surface area contributed by atoms with Crippen molar-refractivity contribution < 1.29 is 4.39 Å². The highest BCUT2D eigenvalue weighted by Crippen LogP contribution is 2.35. The molecule has 4 heteroatoms. The molecule has 0 aliphatic rings. The smallest absolute Gasteiger partial charge is 0.128 e. The van der Waals surface area contributed by atoms with E-state index in [-0.39, 0.29) is 11.9 Å². The molecular formula is C17H17FN2S. The zero-order valence-corrected chi connectivity index (χ0v) is 12.8. The number of nitrogens with two attached hydrogens (primary N) is 1. The third kappa shape index (κ3) is 2.58. The number of aryl methyl sites for hydroxylation is 2. The van der Waals surface area contributed by atoms with Gasteiger partial charge in [0.25, 0.3) is 0 Å². The van der Waals surface area contributed by atoms with Gasteiger partial charge < -0.3 is 0 Å². The predicted octanol–water partition coefficient (Wildman–Crippen LogP) is 4.21. The normalized spacial score (nSPS) is 12.8. The number of rotatable bonds is 3. The second-order valence-corrected chi connectivity index (χ2v) is 6.38. The summed E-state index contributed by atoms with van der Waals surface area (Å²) in [5.41, 5.74) is 5.21. The molecule has 0 amide bonds. The van der Waals surface area contributed by atoms with Crippen molar-refractivity contribution in [2.45, 2.75) is 19.9 Å². The average molecular weight is 300 g/mol. The number of halogens is 1. The van der Waals surface area contributed by atoms with Gasteiger partial charge in [0.2, 0.25) is 0 Å². The van der Waals surface area contributed by atoms with E-state index in [1.807, 2.05) is 32.0 Å². The van der Waals surface area contributed by atoms with E-state index < -0.39 is 0 Å². The first-order chi connectivity index (χ1) is 10.1. The van der Waals surface area contributed by atoms with Crippen molar-refractivity contribution in [3.05, 3.63) is 69.8 Å². The fourth-order valence-electron chi connectivity index (χ4n) is 2.74. The van der Waals surface area contributed by atoms with Gasteiger partial charge in [0, 0.05) is 15.1 Å². The lowest BCUT2D eigenvalue weighted by Gasteiger charge is -2.18. The summed E-state index contributed by atoms with van der Waals surface area (Å²) in [4.78, 5) is 1.02. The van der Waals surface area contributed by atoms with E-state index in [1.54, 1.807) is 17.4 Å². The lowest BCUT2D eigenvalue weighted by atomic mass is 9.97. The second-order valence-electron chi connectivity index (χ2n) is 5.26. The van der Waals surface area contributed by atoms with Gasteiger partial charge in [-0.3, -0.25) is 5.84 Å². The molecule has 0 saturated carbocycles. The van der Waals surface area contributed by atoms with E-state index in [9.17, 15) is 4.39 Å². The highest BCUT2D eigenvalue weighted by molar-refractivity contribution is 7.19. The van der Waals surface area contributed by atoms with Crippen molar-refractivity contribution in [2.75, 3.05) is 0 Å². The third-order valence-electron chi connectivity index (χ3n) is 3.67. The number of nitrogens with one attached hydrogen (secondary N) is 1. The van der Waals surface area contributed by atoms with Crippen molar-refractivity contribution in [2.24, 2.45) is 5.84 Å². The van der Waals surface area contributed by atoms with Crippen molar-refractivity contribution >= 4 is 21.4 Å². The molecular weight excluding hydrogens is 283 g/mol. The zero-order chi connectivity index (χ0) is 15.0. The maximum Gasteiger partial charge on any atom is 0.128 e. The summed E-state index contributed by atoms with van der Waals surface area (Å²) < 4.78 is 15.6. The van der Waals surface area contributed by atoms with Gasteiger partial charge in [-0.15, -0.1) is 11.3 Å². The number of thiophene rings is 1. The molecule has 0 bridgehead atoms. The Morgan fingerprint density at radius 1 is 1.14 bits per heavy atom. The first-order valence-electron chi connectivity index (χ1n) is 6.81. The number of fused-ring (bicyclic) bond motifs is 1. The van der Waals surface area contributed by atoms with Crippen LogP contribution in [-0.2, 0) is 0 Å².